The van der Waals surface area contributed by atoms with E-state index in [0.29, 0.717) is 24.5 Å². The maximum atomic E-state index is 9.86. The van der Waals surface area contributed by atoms with Crippen LogP contribution in [0.5, 0.6) is 0 Å². The molecule has 2 aliphatic rings. The summed E-state index contributed by atoms with van der Waals surface area (Å²) in [5.41, 5.74) is -0.374. The first-order valence-electron chi connectivity index (χ1n) is 7.78. The van der Waals surface area contributed by atoms with Crippen LogP contribution in [0.2, 0.25) is 0 Å². The molecule has 1 aromatic rings. The molecule has 6 nitrogen and oxygen atoms in total. The highest BCUT2D eigenvalue weighted by molar-refractivity contribution is 6.62. The van der Waals surface area contributed by atoms with Crippen LogP contribution >= 0.6 is 0 Å². The smallest absolute Gasteiger partial charge is 0.399 e. The lowest BCUT2D eigenvalue weighted by molar-refractivity contribution is 0.00578. The van der Waals surface area contributed by atoms with Gasteiger partial charge in [-0.3, -0.25) is 0 Å². The van der Waals surface area contributed by atoms with Gasteiger partial charge in [0.25, 0.3) is 0 Å². The first-order valence-corrected chi connectivity index (χ1v) is 7.78. The summed E-state index contributed by atoms with van der Waals surface area (Å²) >= 11 is 0. The maximum Gasteiger partial charge on any atom is 0.496 e. The zero-order valence-corrected chi connectivity index (χ0v) is 14.3. The molecule has 2 aliphatic heterocycles. The second-order valence-electron chi connectivity index (χ2n) is 7.69. The third-order valence-electron chi connectivity index (χ3n) is 4.90. The monoisotopic (exact) mass is 315 g/mol. The fraction of sp³-hybridized carbons (Fsp3) is 0.625. The van der Waals surface area contributed by atoms with Crippen LogP contribution in [-0.2, 0) is 9.31 Å². The summed E-state index contributed by atoms with van der Waals surface area (Å²) < 4.78 is 12.0. The van der Waals surface area contributed by atoms with Gasteiger partial charge in [0.1, 0.15) is 11.9 Å². The van der Waals surface area contributed by atoms with E-state index in [9.17, 15) is 10.4 Å². The molecule has 3 rings (SSSR count). The molecular formula is C16H22BN3O3. The third kappa shape index (κ3) is 2.71. The van der Waals surface area contributed by atoms with Gasteiger partial charge in [0.05, 0.1) is 22.4 Å². The Bertz CT molecular complexity index is 658. The van der Waals surface area contributed by atoms with Crippen molar-refractivity contribution in [2.45, 2.75) is 51.4 Å². The van der Waals surface area contributed by atoms with Gasteiger partial charge in [-0.2, -0.15) is 5.26 Å². The highest BCUT2D eigenvalue weighted by Gasteiger charge is 2.52. The van der Waals surface area contributed by atoms with Crippen LogP contribution in [0.25, 0.3) is 0 Å². The Morgan fingerprint density at radius 1 is 1.22 bits per heavy atom. The quantitative estimate of drug-likeness (QED) is 0.814. The fourth-order valence-electron chi connectivity index (χ4n) is 2.84. The van der Waals surface area contributed by atoms with Crippen LogP contribution in [0.3, 0.4) is 0 Å². The van der Waals surface area contributed by atoms with Gasteiger partial charge >= 0.3 is 7.12 Å². The van der Waals surface area contributed by atoms with Crippen LogP contribution in [0.4, 0.5) is 5.82 Å². The Morgan fingerprint density at radius 3 is 2.26 bits per heavy atom. The average molecular weight is 315 g/mol. The lowest BCUT2D eigenvalue weighted by Crippen LogP contribution is -2.60. The standard InChI is InChI=1S/C16H22BN3O3/c1-14(2)15(3,4)23-17(22-14)12-6-11(7-18)13(19-8-12)20-9-16(5,21)10-20/h6,8,21H,9-10H2,1-5H3. The molecule has 0 spiro atoms. The molecule has 0 aliphatic carbocycles. The van der Waals surface area contributed by atoms with E-state index in [-0.39, 0.29) is 0 Å². The van der Waals surface area contributed by atoms with E-state index in [1.165, 1.54) is 0 Å². The first-order chi connectivity index (χ1) is 10.5. The van der Waals surface area contributed by atoms with Crippen molar-refractivity contribution in [3.63, 3.8) is 0 Å². The molecular weight excluding hydrogens is 293 g/mol. The van der Waals surface area contributed by atoms with Crippen molar-refractivity contribution in [3.05, 3.63) is 17.8 Å². The summed E-state index contributed by atoms with van der Waals surface area (Å²) in [5, 5.41) is 19.3. The largest absolute Gasteiger partial charge is 0.496 e. The molecule has 0 amide bonds. The van der Waals surface area contributed by atoms with Crippen LogP contribution < -0.4 is 10.4 Å². The molecule has 7 heteroatoms. The lowest BCUT2D eigenvalue weighted by atomic mass is 9.79. The number of aliphatic hydroxyl groups is 1. The van der Waals surface area contributed by atoms with Crippen molar-refractivity contribution >= 4 is 18.4 Å². The highest BCUT2D eigenvalue weighted by atomic mass is 16.7. The number of nitriles is 1. The number of nitrogens with zero attached hydrogens (tertiary/aromatic N) is 3. The molecule has 2 saturated heterocycles. The Kier molecular flexibility index (Phi) is 3.49. The van der Waals surface area contributed by atoms with Crippen molar-refractivity contribution in [1.82, 2.24) is 4.98 Å². The van der Waals surface area contributed by atoms with Crippen molar-refractivity contribution in [2.75, 3.05) is 18.0 Å². The van der Waals surface area contributed by atoms with Crippen molar-refractivity contribution < 1.29 is 14.4 Å². The topological polar surface area (TPSA) is 78.6 Å². The van der Waals surface area contributed by atoms with Crippen molar-refractivity contribution in [3.8, 4) is 6.07 Å². The number of hydrogen-bond acceptors (Lipinski definition) is 6. The van der Waals surface area contributed by atoms with E-state index in [0.717, 1.165) is 5.46 Å². The van der Waals surface area contributed by atoms with Gasteiger partial charge in [0, 0.05) is 24.7 Å². The Labute approximate surface area is 137 Å². The predicted molar refractivity (Wildman–Crippen MR) is 87.5 cm³/mol. The molecule has 2 fully saturated rings. The van der Waals surface area contributed by atoms with E-state index in [1.807, 2.05) is 32.6 Å². The molecule has 0 atom stereocenters. The zero-order chi connectivity index (χ0) is 17.0. The first kappa shape index (κ1) is 16.3. The minimum Gasteiger partial charge on any atom is -0.399 e. The molecule has 0 radical (unpaired) electrons. The third-order valence-corrected chi connectivity index (χ3v) is 4.90. The van der Waals surface area contributed by atoms with E-state index in [2.05, 4.69) is 11.1 Å². The predicted octanol–water partition coefficient (Wildman–Crippen LogP) is 0.823. The molecule has 0 saturated carbocycles. The van der Waals surface area contributed by atoms with Gasteiger partial charge in [-0.1, -0.05) is 0 Å². The molecule has 1 N–H and O–H groups in total. The van der Waals surface area contributed by atoms with Gasteiger partial charge in [-0.05, 0) is 40.7 Å². The normalized spacial score (nSPS) is 24.2. The molecule has 0 bridgehead atoms. The van der Waals surface area contributed by atoms with Gasteiger partial charge in [-0.15, -0.1) is 0 Å². The fourth-order valence-corrected chi connectivity index (χ4v) is 2.84. The Morgan fingerprint density at radius 2 is 1.78 bits per heavy atom. The average Bonchev–Trinajstić information content (AvgIpc) is 2.64. The number of anilines is 1. The molecule has 23 heavy (non-hydrogen) atoms. The number of β-amino-alcohol motifs (C(OH)–C–C–N with tert-alkyl or cyclic N) is 1. The van der Waals surface area contributed by atoms with Crippen molar-refractivity contribution in [2.24, 2.45) is 0 Å². The second-order valence-corrected chi connectivity index (χ2v) is 7.69. The Balaban J connectivity index is 1.85. The molecule has 3 heterocycles. The van der Waals surface area contributed by atoms with Gasteiger partial charge in [-0.25, -0.2) is 4.98 Å². The second kappa shape index (κ2) is 4.94. The summed E-state index contributed by atoms with van der Waals surface area (Å²) in [6.07, 6.45) is 1.69. The highest BCUT2D eigenvalue weighted by Crippen LogP contribution is 2.36. The van der Waals surface area contributed by atoms with Gasteiger partial charge < -0.3 is 19.3 Å². The van der Waals surface area contributed by atoms with Crippen LogP contribution in [0.1, 0.15) is 40.2 Å². The van der Waals surface area contributed by atoms with Crippen LogP contribution in [0.15, 0.2) is 12.3 Å². The summed E-state index contributed by atoms with van der Waals surface area (Å²) in [7, 11) is -0.534. The minimum absolute atomic E-state index is 0.431. The van der Waals surface area contributed by atoms with Crippen LogP contribution in [-0.4, -0.2) is 47.1 Å². The van der Waals surface area contributed by atoms with Gasteiger partial charge in [0.2, 0.25) is 0 Å². The SMILES string of the molecule is CC1(O)CN(c2ncc(B3OC(C)(C)C(C)(C)O3)cc2C#N)C1. The van der Waals surface area contributed by atoms with Crippen molar-refractivity contribution in [1.29, 1.82) is 5.26 Å². The summed E-state index contributed by atoms with van der Waals surface area (Å²) in [6, 6.07) is 3.94. The minimum atomic E-state index is -0.710. The maximum absolute atomic E-state index is 9.86. The molecule has 122 valence electrons. The number of rotatable bonds is 2. The number of aromatic nitrogens is 1. The summed E-state index contributed by atoms with van der Waals surface area (Å²) in [4.78, 5) is 6.30. The number of pyridine rings is 1. The van der Waals surface area contributed by atoms with E-state index >= 15 is 0 Å². The summed E-state index contributed by atoms with van der Waals surface area (Å²) in [5.74, 6) is 0.597. The van der Waals surface area contributed by atoms with Gasteiger partial charge in [0.15, 0.2) is 0 Å². The van der Waals surface area contributed by atoms with E-state index in [1.54, 1.807) is 19.2 Å². The Hall–Kier alpha value is -1.62. The molecule has 0 aromatic carbocycles. The van der Waals surface area contributed by atoms with E-state index < -0.39 is 23.9 Å². The van der Waals surface area contributed by atoms with Crippen LogP contribution in [0, 0.1) is 11.3 Å². The number of hydrogen-bond donors (Lipinski definition) is 1. The van der Waals surface area contributed by atoms with E-state index in [4.69, 9.17) is 9.31 Å². The molecule has 1 aromatic heterocycles. The zero-order valence-electron chi connectivity index (χ0n) is 14.3. The lowest BCUT2D eigenvalue weighted by Gasteiger charge is -2.45. The molecule has 0 unspecified atom stereocenters. The summed E-state index contributed by atoms with van der Waals surface area (Å²) in [6.45, 7) is 10.7.